The van der Waals surface area contributed by atoms with E-state index in [1.165, 1.54) is 0 Å². The zero-order valence-corrected chi connectivity index (χ0v) is 12.8. The number of carbonyl (C=O) groups is 3. The Balaban J connectivity index is 2.29. The molecule has 0 atom stereocenters. The largest absolute Gasteiger partial charge is 0.481 e. The van der Waals surface area contributed by atoms with E-state index in [1.54, 1.807) is 4.90 Å². The summed E-state index contributed by atoms with van der Waals surface area (Å²) in [5.41, 5.74) is -0.123. The van der Waals surface area contributed by atoms with Crippen molar-refractivity contribution in [1.82, 2.24) is 15.5 Å². The van der Waals surface area contributed by atoms with Crippen LogP contribution in [0.15, 0.2) is 0 Å². The number of nitrogens with zero attached hydrogens (tertiary/aromatic N) is 1. The molecule has 1 saturated heterocycles. The summed E-state index contributed by atoms with van der Waals surface area (Å²) in [7, 11) is 0. The third kappa shape index (κ3) is 6.97. The highest BCUT2D eigenvalue weighted by atomic mass is 16.4. The molecular formula is C14H25N3O4. The summed E-state index contributed by atoms with van der Waals surface area (Å²) in [5, 5.41) is 14.3. The Morgan fingerprint density at radius 2 is 2.05 bits per heavy atom. The van der Waals surface area contributed by atoms with Gasteiger partial charge in [-0.1, -0.05) is 13.8 Å². The van der Waals surface area contributed by atoms with Crippen LogP contribution in [-0.4, -0.2) is 54.1 Å². The summed E-state index contributed by atoms with van der Waals surface area (Å²) in [6.07, 6.45) is 1.77. The first-order chi connectivity index (χ1) is 9.80. The average Bonchev–Trinajstić information content (AvgIpc) is 2.61. The molecule has 0 spiro atoms. The second kappa shape index (κ2) is 7.85. The van der Waals surface area contributed by atoms with Gasteiger partial charge in [0.1, 0.15) is 0 Å². The number of amides is 3. The molecule has 7 heteroatoms. The van der Waals surface area contributed by atoms with Crippen molar-refractivity contribution in [2.45, 2.75) is 39.5 Å². The first-order valence-electron chi connectivity index (χ1n) is 7.31. The Bertz CT molecular complexity index is 396. The summed E-state index contributed by atoms with van der Waals surface area (Å²) in [4.78, 5) is 35.4. The number of hydrogen-bond donors (Lipinski definition) is 3. The van der Waals surface area contributed by atoms with E-state index in [2.05, 4.69) is 10.6 Å². The summed E-state index contributed by atoms with van der Waals surface area (Å²) in [6, 6.07) is -0.166. The number of carboxylic acids is 1. The van der Waals surface area contributed by atoms with E-state index < -0.39 is 5.97 Å². The molecule has 0 aromatic rings. The van der Waals surface area contributed by atoms with Crippen molar-refractivity contribution in [3.05, 3.63) is 0 Å². The summed E-state index contributed by atoms with van der Waals surface area (Å²) >= 11 is 0. The molecule has 1 aliphatic heterocycles. The van der Waals surface area contributed by atoms with E-state index >= 15 is 0 Å². The minimum atomic E-state index is -0.797. The molecule has 1 heterocycles. The predicted molar refractivity (Wildman–Crippen MR) is 77.9 cm³/mol. The monoisotopic (exact) mass is 299 g/mol. The Morgan fingerprint density at radius 3 is 2.71 bits per heavy atom. The molecule has 0 aliphatic carbocycles. The number of aliphatic carboxylic acids is 1. The van der Waals surface area contributed by atoms with E-state index in [1.807, 2.05) is 13.8 Å². The van der Waals surface area contributed by atoms with Crippen LogP contribution in [-0.2, 0) is 9.59 Å². The molecule has 0 radical (unpaired) electrons. The van der Waals surface area contributed by atoms with Crippen LogP contribution in [0.3, 0.4) is 0 Å². The molecule has 0 aromatic carbocycles. The van der Waals surface area contributed by atoms with Crippen LogP contribution in [0.1, 0.15) is 39.5 Å². The molecule has 7 nitrogen and oxygen atoms in total. The molecule has 1 rings (SSSR count). The lowest BCUT2D eigenvalue weighted by Crippen LogP contribution is -2.42. The summed E-state index contributed by atoms with van der Waals surface area (Å²) in [6.45, 7) is 5.92. The maximum atomic E-state index is 12.0. The van der Waals surface area contributed by atoms with E-state index in [0.717, 1.165) is 6.42 Å². The maximum absolute atomic E-state index is 12.0. The Kier molecular flexibility index (Phi) is 6.45. The number of carboxylic acid groups (broad SMARTS) is 1. The quantitative estimate of drug-likeness (QED) is 0.675. The van der Waals surface area contributed by atoms with E-state index in [9.17, 15) is 14.4 Å². The number of nitrogens with one attached hydrogen (secondary N) is 2. The minimum absolute atomic E-state index is 0.0277. The van der Waals surface area contributed by atoms with Crippen molar-refractivity contribution < 1.29 is 19.5 Å². The van der Waals surface area contributed by atoms with Crippen LogP contribution in [0.5, 0.6) is 0 Å². The van der Waals surface area contributed by atoms with Gasteiger partial charge in [0, 0.05) is 39.0 Å². The van der Waals surface area contributed by atoms with Crippen LogP contribution in [0.4, 0.5) is 4.79 Å². The van der Waals surface area contributed by atoms with Gasteiger partial charge in [-0.2, -0.15) is 0 Å². The average molecular weight is 299 g/mol. The predicted octanol–water partition coefficient (Wildman–Crippen LogP) is 0.799. The van der Waals surface area contributed by atoms with Gasteiger partial charge in [-0.3, -0.25) is 9.59 Å². The number of urea groups is 1. The lowest BCUT2D eigenvalue weighted by molar-refractivity contribution is -0.137. The Hall–Kier alpha value is -1.79. The van der Waals surface area contributed by atoms with Crippen LogP contribution in [0.2, 0.25) is 0 Å². The third-order valence-corrected chi connectivity index (χ3v) is 3.69. The zero-order chi connectivity index (χ0) is 15.9. The second-order valence-electron chi connectivity index (χ2n) is 6.13. The molecule has 0 bridgehead atoms. The fourth-order valence-electron chi connectivity index (χ4n) is 2.16. The summed E-state index contributed by atoms with van der Waals surface area (Å²) < 4.78 is 0. The van der Waals surface area contributed by atoms with Gasteiger partial charge < -0.3 is 20.6 Å². The lowest BCUT2D eigenvalue weighted by atomic mass is 9.84. The molecule has 3 amide bonds. The fourth-order valence-corrected chi connectivity index (χ4v) is 2.16. The first-order valence-corrected chi connectivity index (χ1v) is 7.31. The molecule has 21 heavy (non-hydrogen) atoms. The number of carbonyl (C=O) groups excluding carboxylic acids is 2. The molecule has 0 aromatic heterocycles. The normalized spacial score (nSPS) is 16.1. The van der Waals surface area contributed by atoms with Crippen molar-refractivity contribution in [1.29, 1.82) is 0 Å². The minimum Gasteiger partial charge on any atom is -0.481 e. The van der Waals surface area contributed by atoms with Crippen molar-refractivity contribution in [3.63, 3.8) is 0 Å². The summed E-state index contributed by atoms with van der Waals surface area (Å²) in [5.74, 6) is -0.825. The van der Waals surface area contributed by atoms with Crippen molar-refractivity contribution >= 4 is 17.9 Å². The van der Waals surface area contributed by atoms with Gasteiger partial charge in [0.15, 0.2) is 0 Å². The Labute approximate surface area is 125 Å². The van der Waals surface area contributed by atoms with Crippen molar-refractivity contribution in [2.24, 2.45) is 5.41 Å². The van der Waals surface area contributed by atoms with Crippen molar-refractivity contribution in [2.75, 3.05) is 26.2 Å². The fraction of sp³-hybridized carbons (Fsp3) is 0.786. The van der Waals surface area contributed by atoms with Crippen LogP contribution < -0.4 is 10.6 Å². The molecule has 1 aliphatic rings. The van der Waals surface area contributed by atoms with Crippen LogP contribution in [0.25, 0.3) is 0 Å². The molecule has 0 saturated carbocycles. The topological polar surface area (TPSA) is 98.7 Å². The van der Waals surface area contributed by atoms with Gasteiger partial charge in [0.2, 0.25) is 5.91 Å². The third-order valence-electron chi connectivity index (χ3n) is 3.69. The highest BCUT2D eigenvalue weighted by Crippen LogP contribution is 2.25. The van der Waals surface area contributed by atoms with Gasteiger partial charge in [0.05, 0.1) is 0 Å². The number of hydrogen-bond acceptors (Lipinski definition) is 3. The molecular weight excluding hydrogens is 274 g/mol. The smallest absolute Gasteiger partial charge is 0.317 e. The Morgan fingerprint density at radius 1 is 1.33 bits per heavy atom. The highest BCUT2D eigenvalue weighted by Gasteiger charge is 2.21. The van der Waals surface area contributed by atoms with Crippen LogP contribution >= 0.6 is 0 Å². The van der Waals surface area contributed by atoms with Crippen molar-refractivity contribution in [3.8, 4) is 0 Å². The first kappa shape index (κ1) is 17.3. The van der Waals surface area contributed by atoms with Gasteiger partial charge in [-0.25, -0.2) is 4.79 Å². The van der Waals surface area contributed by atoms with Gasteiger partial charge in [-0.05, 0) is 18.3 Å². The van der Waals surface area contributed by atoms with Gasteiger partial charge in [-0.15, -0.1) is 0 Å². The maximum Gasteiger partial charge on any atom is 0.317 e. The van der Waals surface area contributed by atoms with Gasteiger partial charge >= 0.3 is 12.0 Å². The molecule has 3 N–H and O–H groups in total. The van der Waals surface area contributed by atoms with E-state index in [4.69, 9.17) is 5.11 Å². The van der Waals surface area contributed by atoms with E-state index in [0.29, 0.717) is 39.0 Å². The second-order valence-corrected chi connectivity index (χ2v) is 6.13. The van der Waals surface area contributed by atoms with Crippen LogP contribution in [0, 0.1) is 5.41 Å². The SMILES string of the molecule is CC(C)(CCNC(=O)N1CCNC(=O)CC1)CCC(=O)O. The standard InChI is InChI=1S/C14H25N3O4/c1-14(2,5-3-12(19)20)6-7-16-13(21)17-9-4-11(18)15-8-10-17/h3-10H2,1-2H3,(H,15,18)(H,16,21)(H,19,20). The highest BCUT2D eigenvalue weighted by molar-refractivity contribution is 5.79. The zero-order valence-electron chi connectivity index (χ0n) is 12.8. The van der Waals surface area contributed by atoms with E-state index in [-0.39, 0.29) is 23.8 Å². The lowest BCUT2D eigenvalue weighted by Gasteiger charge is -2.25. The number of rotatable bonds is 6. The molecule has 0 unspecified atom stereocenters. The molecule has 1 fully saturated rings. The van der Waals surface area contributed by atoms with Gasteiger partial charge in [0.25, 0.3) is 0 Å². The molecule has 120 valence electrons.